The van der Waals surface area contributed by atoms with Crippen LogP contribution in [0.1, 0.15) is 11.1 Å². The zero-order valence-corrected chi connectivity index (χ0v) is 18.9. The molecule has 4 rings (SSSR count). The fourth-order valence-corrected chi connectivity index (χ4v) is 3.34. The number of benzene rings is 4. The number of rotatable bonds is 9. The lowest BCUT2D eigenvalue weighted by Crippen LogP contribution is -1.98. The van der Waals surface area contributed by atoms with Gasteiger partial charge < -0.3 is 14.2 Å². The first-order valence-electron chi connectivity index (χ1n) is 10.2. The Morgan fingerprint density at radius 2 is 1.22 bits per heavy atom. The van der Waals surface area contributed by atoms with Crippen LogP contribution in [0.25, 0.3) is 10.8 Å². The average Bonchev–Trinajstić information content (AvgIpc) is 2.82. The molecule has 0 aromatic heterocycles. The molecule has 0 heterocycles. The van der Waals surface area contributed by atoms with Gasteiger partial charge in [0.25, 0.3) is 0 Å². The topological polar surface area (TPSA) is 27.7 Å². The molecule has 0 bridgehead atoms. The molecule has 0 amide bonds. The standard InChI is InChI=1S/C27H22Cl2O3/c28-27(29)13-14-30-25-11-9-22-10-12-26(17-23(22)16-25)32-19-21-7-4-8-24(15-21)31-18-20-5-2-1-3-6-20/h1-13,15-17H,14,18-19H2. The van der Waals surface area contributed by atoms with Gasteiger partial charge in [0.1, 0.15) is 41.6 Å². The summed E-state index contributed by atoms with van der Waals surface area (Å²) in [5, 5.41) is 2.13. The number of ether oxygens (including phenoxy) is 3. The largest absolute Gasteiger partial charge is 0.489 e. The second-order valence-electron chi connectivity index (χ2n) is 7.19. The minimum atomic E-state index is 0.191. The lowest BCUT2D eigenvalue weighted by atomic mass is 10.1. The first-order valence-corrected chi connectivity index (χ1v) is 11.0. The summed E-state index contributed by atoms with van der Waals surface area (Å²) in [6.45, 7) is 1.29. The SMILES string of the molecule is ClC(Cl)=CCOc1ccc2ccc(OCc3cccc(OCc4ccccc4)c3)cc2c1. The van der Waals surface area contributed by atoms with E-state index >= 15 is 0 Å². The van der Waals surface area contributed by atoms with Gasteiger partial charge in [0, 0.05) is 0 Å². The van der Waals surface area contributed by atoms with Crippen LogP contribution in [0.15, 0.2) is 102 Å². The molecular formula is C27H22Cl2O3. The Morgan fingerprint density at radius 1 is 0.594 bits per heavy atom. The molecule has 0 unspecified atom stereocenters. The second kappa shape index (κ2) is 10.9. The van der Waals surface area contributed by atoms with Gasteiger partial charge in [0.2, 0.25) is 0 Å². The minimum Gasteiger partial charge on any atom is -0.489 e. The number of fused-ring (bicyclic) bond motifs is 1. The maximum atomic E-state index is 6.03. The van der Waals surface area contributed by atoms with Crippen LogP contribution in [0, 0.1) is 0 Å². The Labute approximate surface area is 197 Å². The third-order valence-electron chi connectivity index (χ3n) is 4.82. The zero-order chi connectivity index (χ0) is 22.2. The monoisotopic (exact) mass is 464 g/mol. The van der Waals surface area contributed by atoms with E-state index in [1.807, 2.05) is 91.0 Å². The Morgan fingerprint density at radius 3 is 1.94 bits per heavy atom. The summed E-state index contributed by atoms with van der Waals surface area (Å²) in [6, 6.07) is 30.0. The molecule has 0 radical (unpaired) electrons. The highest BCUT2D eigenvalue weighted by molar-refractivity contribution is 6.55. The molecule has 4 aromatic carbocycles. The molecule has 0 atom stereocenters. The molecule has 32 heavy (non-hydrogen) atoms. The van der Waals surface area contributed by atoms with Crippen molar-refractivity contribution in [3.05, 3.63) is 113 Å². The van der Waals surface area contributed by atoms with E-state index in [4.69, 9.17) is 37.4 Å². The van der Waals surface area contributed by atoms with Crippen molar-refractivity contribution in [3.63, 3.8) is 0 Å². The van der Waals surface area contributed by atoms with Crippen LogP contribution in [-0.2, 0) is 13.2 Å². The molecular weight excluding hydrogens is 443 g/mol. The van der Waals surface area contributed by atoms with Gasteiger partial charge >= 0.3 is 0 Å². The molecule has 0 saturated heterocycles. The van der Waals surface area contributed by atoms with E-state index in [0.717, 1.165) is 39.1 Å². The van der Waals surface area contributed by atoms with E-state index in [0.29, 0.717) is 19.8 Å². The van der Waals surface area contributed by atoms with Crippen molar-refractivity contribution in [1.29, 1.82) is 0 Å². The molecule has 4 aromatic rings. The van der Waals surface area contributed by atoms with E-state index in [2.05, 4.69) is 0 Å². The van der Waals surface area contributed by atoms with Crippen molar-refractivity contribution in [2.45, 2.75) is 13.2 Å². The maximum Gasteiger partial charge on any atom is 0.120 e. The molecule has 5 heteroatoms. The predicted octanol–water partition coefficient (Wildman–Crippen LogP) is 7.70. The highest BCUT2D eigenvalue weighted by Crippen LogP contribution is 2.26. The minimum absolute atomic E-state index is 0.191. The van der Waals surface area contributed by atoms with Gasteiger partial charge in [-0.2, -0.15) is 0 Å². The van der Waals surface area contributed by atoms with Gasteiger partial charge in [-0.1, -0.05) is 77.8 Å². The Kier molecular flexibility index (Phi) is 7.55. The van der Waals surface area contributed by atoms with Crippen LogP contribution >= 0.6 is 23.2 Å². The smallest absolute Gasteiger partial charge is 0.120 e. The fourth-order valence-electron chi connectivity index (χ4n) is 3.22. The van der Waals surface area contributed by atoms with Crippen LogP contribution in [0.2, 0.25) is 0 Å². The third kappa shape index (κ3) is 6.43. The van der Waals surface area contributed by atoms with E-state index in [1.54, 1.807) is 6.08 Å². The van der Waals surface area contributed by atoms with Gasteiger partial charge in [0.15, 0.2) is 0 Å². The molecule has 0 N–H and O–H groups in total. The van der Waals surface area contributed by atoms with Crippen LogP contribution in [-0.4, -0.2) is 6.61 Å². The van der Waals surface area contributed by atoms with Gasteiger partial charge in [-0.15, -0.1) is 0 Å². The summed E-state index contributed by atoms with van der Waals surface area (Å²) < 4.78 is 17.8. The van der Waals surface area contributed by atoms with Crippen molar-refractivity contribution in [3.8, 4) is 17.2 Å². The fraction of sp³-hybridized carbons (Fsp3) is 0.111. The van der Waals surface area contributed by atoms with Crippen molar-refractivity contribution < 1.29 is 14.2 Å². The summed E-state index contributed by atoms with van der Waals surface area (Å²) in [6.07, 6.45) is 1.60. The molecule has 0 spiro atoms. The highest BCUT2D eigenvalue weighted by atomic mass is 35.5. The predicted molar refractivity (Wildman–Crippen MR) is 131 cm³/mol. The van der Waals surface area contributed by atoms with Crippen LogP contribution in [0.4, 0.5) is 0 Å². The molecule has 0 aliphatic heterocycles. The Hall–Kier alpha value is -3.14. The molecule has 0 fully saturated rings. The Balaban J connectivity index is 1.38. The molecule has 0 aliphatic carbocycles. The summed E-state index contributed by atoms with van der Waals surface area (Å²) in [4.78, 5) is 0. The van der Waals surface area contributed by atoms with Crippen molar-refractivity contribution >= 4 is 34.0 Å². The van der Waals surface area contributed by atoms with E-state index in [-0.39, 0.29) is 4.49 Å². The molecule has 0 aliphatic rings. The Bertz CT molecular complexity index is 1200. The highest BCUT2D eigenvalue weighted by Gasteiger charge is 2.03. The summed E-state index contributed by atoms with van der Waals surface area (Å²) in [7, 11) is 0. The normalized spacial score (nSPS) is 10.6. The first-order chi connectivity index (χ1) is 15.7. The van der Waals surface area contributed by atoms with Crippen molar-refractivity contribution in [1.82, 2.24) is 0 Å². The average molecular weight is 465 g/mol. The maximum absolute atomic E-state index is 6.03. The number of hydrogen-bond acceptors (Lipinski definition) is 3. The first kappa shape index (κ1) is 22.1. The van der Waals surface area contributed by atoms with Crippen LogP contribution in [0.5, 0.6) is 17.2 Å². The molecule has 0 saturated carbocycles. The van der Waals surface area contributed by atoms with Gasteiger partial charge in [-0.25, -0.2) is 0 Å². The van der Waals surface area contributed by atoms with E-state index in [9.17, 15) is 0 Å². The number of hydrogen-bond donors (Lipinski definition) is 0. The third-order valence-corrected chi connectivity index (χ3v) is 5.13. The van der Waals surface area contributed by atoms with E-state index < -0.39 is 0 Å². The lowest BCUT2D eigenvalue weighted by Gasteiger charge is -2.11. The number of halogens is 2. The van der Waals surface area contributed by atoms with Gasteiger partial charge in [-0.05, 0) is 64.4 Å². The van der Waals surface area contributed by atoms with Crippen molar-refractivity contribution in [2.24, 2.45) is 0 Å². The molecule has 162 valence electrons. The second-order valence-corrected chi connectivity index (χ2v) is 8.19. The molecule has 3 nitrogen and oxygen atoms in total. The van der Waals surface area contributed by atoms with Gasteiger partial charge in [-0.3, -0.25) is 0 Å². The zero-order valence-electron chi connectivity index (χ0n) is 17.3. The van der Waals surface area contributed by atoms with Crippen molar-refractivity contribution in [2.75, 3.05) is 6.61 Å². The summed E-state index contributed by atoms with van der Waals surface area (Å²) in [5.74, 6) is 2.35. The summed E-state index contributed by atoms with van der Waals surface area (Å²) >= 11 is 11.2. The lowest BCUT2D eigenvalue weighted by molar-refractivity contribution is 0.296. The van der Waals surface area contributed by atoms with Crippen LogP contribution < -0.4 is 14.2 Å². The van der Waals surface area contributed by atoms with Crippen LogP contribution in [0.3, 0.4) is 0 Å². The summed E-state index contributed by atoms with van der Waals surface area (Å²) in [5.41, 5.74) is 2.17. The van der Waals surface area contributed by atoms with E-state index in [1.165, 1.54) is 0 Å². The quantitative estimate of drug-likeness (QED) is 0.254. The van der Waals surface area contributed by atoms with Gasteiger partial charge in [0.05, 0.1) is 0 Å².